The predicted octanol–water partition coefficient (Wildman–Crippen LogP) is 1.33. The molecule has 1 atom stereocenters. The topological polar surface area (TPSA) is 49.9 Å². The number of hydroxylamine groups is 2. The molecule has 0 aromatic heterocycles. The maximum absolute atomic E-state index is 12.3. The van der Waals surface area contributed by atoms with Gasteiger partial charge in [-0.15, -0.1) is 0 Å². The Morgan fingerprint density at radius 2 is 1.95 bits per heavy atom. The summed E-state index contributed by atoms with van der Waals surface area (Å²) in [4.78, 5) is 31.7. The van der Waals surface area contributed by atoms with Gasteiger partial charge in [0.25, 0.3) is 5.91 Å². The lowest BCUT2D eigenvalue weighted by atomic mass is 10.1. The Morgan fingerprint density at radius 1 is 1.16 bits per heavy atom. The Morgan fingerprint density at radius 3 is 2.63 bits per heavy atom. The minimum atomic E-state index is -0.189. The summed E-state index contributed by atoms with van der Waals surface area (Å²) in [5.74, 6) is -0.0259. The van der Waals surface area contributed by atoms with E-state index in [-0.39, 0.29) is 17.7 Å². The lowest BCUT2D eigenvalue weighted by Gasteiger charge is -2.28. The van der Waals surface area contributed by atoms with E-state index in [0.29, 0.717) is 32.2 Å². The van der Waals surface area contributed by atoms with Crippen LogP contribution in [-0.4, -0.2) is 47.5 Å². The normalized spacial score (nSPS) is 29.3. The van der Waals surface area contributed by atoms with Crippen LogP contribution < -0.4 is 0 Å². The van der Waals surface area contributed by atoms with E-state index >= 15 is 0 Å². The zero-order valence-corrected chi connectivity index (χ0v) is 11.3. The Bertz CT molecular complexity index is 360. The highest BCUT2D eigenvalue weighted by Gasteiger charge is 2.40. The molecule has 2 amide bonds. The first kappa shape index (κ1) is 12.9. The largest absolute Gasteiger partial charge is 0.339 e. The van der Waals surface area contributed by atoms with Crippen LogP contribution in [0.3, 0.4) is 0 Å². The molecule has 106 valence electrons. The molecule has 0 aromatic carbocycles. The molecule has 0 radical (unpaired) electrons. The highest BCUT2D eigenvalue weighted by atomic mass is 16.7. The maximum atomic E-state index is 12.3. The van der Waals surface area contributed by atoms with Crippen molar-refractivity contribution in [2.24, 2.45) is 5.92 Å². The molecule has 2 heterocycles. The van der Waals surface area contributed by atoms with Crippen molar-refractivity contribution in [3.63, 3.8) is 0 Å². The van der Waals surface area contributed by atoms with E-state index in [1.165, 1.54) is 17.9 Å². The quantitative estimate of drug-likeness (QED) is 0.757. The second kappa shape index (κ2) is 5.49. The Hall–Kier alpha value is -1.10. The maximum Gasteiger partial charge on any atom is 0.251 e. The third-order valence-electron chi connectivity index (χ3n) is 4.52. The summed E-state index contributed by atoms with van der Waals surface area (Å²) >= 11 is 0. The second-order valence-corrected chi connectivity index (χ2v) is 5.87. The highest BCUT2D eigenvalue weighted by molar-refractivity contribution is 5.89. The highest BCUT2D eigenvalue weighted by Crippen LogP contribution is 2.30. The number of likely N-dealkylation sites (tertiary alicyclic amines) is 1. The molecule has 3 aliphatic rings. The van der Waals surface area contributed by atoms with E-state index in [1.54, 1.807) is 0 Å². The standard InChI is InChI=1S/C14H22N2O3/c17-13-9-11(10-15(13)12-5-1-2-6-12)14(18)16-7-3-4-8-19-16/h11-12H,1-10H2. The van der Waals surface area contributed by atoms with Gasteiger partial charge in [-0.05, 0) is 25.7 Å². The van der Waals surface area contributed by atoms with Gasteiger partial charge in [-0.1, -0.05) is 12.8 Å². The second-order valence-electron chi connectivity index (χ2n) is 5.87. The Labute approximate surface area is 113 Å². The van der Waals surface area contributed by atoms with Gasteiger partial charge in [0, 0.05) is 25.6 Å². The number of nitrogens with zero attached hydrogens (tertiary/aromatic N) is 2. The summed E-state index contributed by atoms with van der Waals surface area (Å²) < 4.78 is 0. The number of carbonyl (C=O) groups is 2. The Balaban J connectivity index is 1.60. The summed E-state index contributed by atoms with van der Waals surface area (Å²) in [6.07, 6.45) is 7.01. The monoisotopic (exact) mass is 266 g/mol. The molecule has 1 saturated carbocycles. The fourth-order valence-electron chi connectivity index (χ4n) is 3.44. The van der Waals surface area contributed by atoms with Crippen LogP contribution in [0.2, 0.25) is 0 Å². The number of hydrogen-bond donors (Lipinski definition) is 0. The van der Waals surface area contributed by atoms with Crippen LogP contribution in [0.5, 0.6) is 0 Å². The van der Waals surface area contributed by atoms with Crippen LogP contribution in [0, 0.1) is 5.92 Å². The van der Waals surface area contributed by atoms with E-state index in [1.807, 2.05) is 4.90 Å². The number of amides is 2. The van der Waals surface area contributed by atoms with E-state index in [9.17, 15) is 9.59 Å². The first-order chi connectivity index (χ1) is 9.25. The van der Waals surface area contributed by atoms with Crippen molar-refractivity contribution in [2.45, 2.75) is 51.0 Å². The van der Waals surface area contributed by atoms with Crippen LogP contribution in [0.15, 0.2) is 0 Å². The van der Waals surface area contributed by atoms with Gasteiger partial charge in [-0.3, -0.25) is 14.4 Å². The summed E-state index contributed by atoms with van der Waals surface area (Å²) in [5.41, 5.74) is 0. The lowest BCUT2D eigenvalue weighted by Crippen LogP contribution is -2.41. The molecule has 3 fully saturated rings. The first-order valence-corrected chi connectivity index (χ1v) is 7.49. The van der Waals surface area contributed by atoms with Gasteiger partial charge in [0.2, 0.25) is 5.91 Å². The van der Waals surface area contributed by atoms with Crippen molar-refractivity contribution in [2.75, 3.05) is 19.7 Å². The predicted molar refractivity (Wildman–Crippen MR) is 69.0 cm³/mol. The van der Waals surface area contributed by atoms with Gasteiger partial charge in [-0.2, -0.15) is 0 Å². The molecule has 0 aromatic rings. The number of carbonyl (C=O) groups excluding carboxylic acids is 2. The Kier molecular flexibility index (Phi) is 3.73. The molecule has 2 aliphatic heterocycles. The van der Waals surface area contributed by atoms with Gasteiger partial charge in [0.15, 0.2) is 0 Å². The lowest BCUT2D eigenvalue weighted by molar-refractivity contribution is -0.200. The molecule has 19 heavy (non-hydrogen) atoms. The molecule has 2 saturated heterocycles. The summed E-state index contributed by atoms with van der Waals surface area (Å²) in [6.45, 7) is 1.90. The molecular formula is C14H22N2O3. The fourth-order valence-corrected chi connectivity index (χ4v) is 3.44. The summed E-state index contributed by atoms with van der Waals surface area (Å²) in [5, 5.41) is 1.49. The molecule has 5 nitrogen and oxygen atoms in total. The van der Waals surface area contributed by atoms with E-state index in [0.717, 1.165) is 25.7 Å². The molecule has 5 heteroatoms. The molecule has 0 N–H and O–H groups in total. The van der Waals surface area contributed by atoms with Crippen LogP contribution >= 0.6 is 0 Å². The van der Waals surface area contributed by atoms with E-state index in [2.05, 4.69) is 0 Å². The van der Waals surface area contributed by atoms with Gasteiger partial charge in [0.05, 0.1) is 12.5 Å². The smallest absolute Gasteiger partial charge is 0.251 e. The number of rotatable bonds is 2. The molecule has 0 bridgehead atoms. The third-order valence-corrected chi connectivity index (χ3v) is 4.52. The van der Waals surface area contributed by atoms with Crippen molar-refractivity contribution in [3.05, 3.63) is 0 Å². The minimum absolute atomic E-state index is 0.00791. The summed E-state index contributed by atoms with van der Waals surface area (Å²) in [6, 6.07) is 0.382. The third kappa shape index (κ3) is 2.61. The molecular weight excluding hydrogens is 244 g/mol. The SMILES string of the molecule is O=C(C1CC(=O)N(C2CCCC2)C1)N1CCCCO1. The zero-order chi connectivity index (χ0) is 13.2. The molecule has 1 unspecified atom stereocenters. The first-order valence-electron chi connectivity index (χ1n) is 7.49. The molecule has 1 aliphatic carbocycles. The van der Waals surface area contributed by atoms with Gasteiger partial charge in [-0.25, -0.2) is 5.06 Å². The van der Waals surface area contributed by atoms with Gasteiger partial charge < -0.3 is 4.90 Å². The van der Waals surface area contributed by atoms with Crippen molar-refractivity contribution < 1.29 is 14.4 Å². The van der Waals surface area contributed by atoms with Crippen molar-refractivity contribution >= 4 is 11.8 Å². The van der Waals surface area contributed by atoms with Crippen molar-refractivity contribution in [3.8, 4) is 0 Å². The van der Waals surface area contributed by atoms with E-state index in [4.69, 9.17) is 4.84 Å². The van der Waals surface area contributed by atoms with Crippen LogP contribution in [-0.2, 0) is 14.4 Å². The molecule has 0 spiro atoms. The van der Waals surface area contributed by atoms with Crippen molar-refractivity contribution in [1.29, 1.82) is 0 Å². The minimum Gasteiger partial charge on any atom is -0.339 e. The van der Waals surface area contributed by atoms with E-state index < -0.39 is 0 Å². The van der Waals surface area contributed by atoms with Crippen LogP contribution in [0.1, 0.15) is 44.9 Å². The number of hydrogen-bond acceptors (Lipinski definition) is 3. The van der Waals surface area contributed by atoms with Crippen molar-refractivity contribution in [1.82, 2.24) is 9.96 Å². The molecule has 3 rings (SSSR count). The fraction of sp³-hybridized carbons (Fsp3) is 0.857. The summed E-state index contributed by atoms with van der Waals surface area (Å²) in [7, 11) is 0. The van der Waals surface area contributed by atoms with Crippen LogP contribution in [0.4, 0.5) is 0 Å². The zero-order valence-electron chi connectivity index (χ0n) is 11.3. The van der Waals surface area contributed by atoms with Gasteiger partial charge in [0.1, 0.15) is 0 Å². The average molecular weight is 266 g/mol. The van der Waals surface area contributed by atoms with Crippen LogP contribution in [0.25, 0.3) is 0 Å². The van der Waals surface area contributed by atoms with Gasteiger partial charge >= 0.3 is 0 Å². The average Bonchev–Trinajstić information content (AvgIpc) is 3.08.